The topological polar surface area (TPSA) is 37.3 Å². The second kappa shape index (κ2) is 4.59. The lowest BCUT2D eigenvalue weighted by molar-refractivity contribution is -0.151. The first kappa shape index (κ1) is 15.2. The second-order valence-corrected chi connectivity index (χ2v) is 9.78. The van der Waals surface area contributed by atoms with Crippen LogP contribution in [-0.2, 0) is 4.79 Å². The van der Waals surface area contributed by atoms with Gasteiger partial charge in [-0.1, -0.05) is 13.8 Å². The lowest BCUT2D eigenvalue weighted by Crippen LogP contribution is -2.55. The monoisotopic (exact) mass is 304 g/mol. The lowest BCUT2D eigenvalue weighted by atomic mass is 9.44. The van der Waals surface area contributed by atoms with Crippen LogP contribution >= 0.6 is 0 Å². The van der Waals surface area contributed by atoms with Crippen LogP contribution < -0.4 is 0 Å². The Bertz CT molecular complexity index is 496. The second-order valence-electron chi connectivity index (χ2n) is 9.78. The minimum atomic E-state index is -0.441. The van der Waals surface area contributed by atoms with E-state index in [-0.39, 0.29) is 5.41 Å². The third kappa shape index (κ3) is 1.92. The predicted octanol–water partition coefficient (Wildman–Crippen LogP) is 4.35. The highest BCUT2D eigenvalue weighted by atomic mass is 16.3. The van der Waals surface area contributed by atoms with Crippen molar-refractivity contribution in [3.8, 4) is 0 Å². The fourth-order valence-electron chi connectivity index (χ4n) is 7.20. The number of Topliss-reactive ketones (excluding diaryl/α,β-unsaturated/α-hetero) is 1. The summed E-state index contributed by atoms with van der Waals surface area (Å²) in [6, 6.07) is 0. The van der Waals surface area contributed by atoms with E-state index in [0.717, 1.165) is 43.9 Å². The molecule has 2 nitrogen and oxygen atoms in total. The average Bonchev–Trinajstić information content (AvgIpc) is 2.76. The Morgan fingerprint density at radius 3 is 2.50 bits per heavy atom. The van der Waals surface area contributed by atoms with Crippen LogP contribution in [0.2, 0.25) is 0 Å². The molecule has 2 unspecified atom stereocenters. The zero-order valence-corrected chi connectivity index (χ0v) is 14.5. The van der Waals surface area contributed by atoms with Gasteiger partial charge >= 0.3 is 0 Å². The van der Waals surface area contributed by atoms with Crippen molar-refractivity contribution in [3.63, 3.8) is 0 Å². The van der Waals surface area contributed by atoms with Crippen molar-refractivity contribution in [1.82, 2.24) is 0 Å². The molecule has 0 heterocycles. The summed E-state index contributed by atoms with van der Waals surface area (Å²) in [6.07, 6.45) is 10.1. The summed E-state index contributed by atoms with van der Waals surface area (Å²) in [4.78, 5) is 12.4. The van der Waals surface area contributed by atoms with Crippen LogP contribution in [0.5, 0.6) is 0 Å². The van der Waals surface area contributed by atoms with Gasteiger partial charge < -0.3 is 5.11 Å². The fraction of sp³-hybridized carbons (Fsp3) is 0.950. The van der Waals surface area contributed by atoms with E-state index in [4.69, 9.17) is 0 Å². The van der Waals surface area contributed by atoms with Crippen LogP contribution in [0, 0.1) is 34.5 Å². The van der Waals surface area contributed by atoms with Crippen molar-refractivity contribution in [1.29, 1.82) is 0 Å². The molecule has 0 saturated heterocycles. The maximum absolute atomic E-state index is 12.4. The molecule has 2 heteroatoms. The third-order valence-corrected chi connectivity index (χ3v) is 8.66. The van der Waals surface area contributed by atoms with E-state index < -0.39 is 5.60 Å². The number of carbonyl (C=O) groups is 1. The first-order valence-corrected chi connectivity index (χ1v) is 9.52. The molecule has 4 aliphatic rings. The Hall–Kier alpha value is -0.370. The van der Waals surface area contributed by atoms with Gasteiger partial charge in [0.05, 0.1) is 5.60 Å². The molecular formula is C20H32O2. The number of carbonyl (C=O) groups excluding carboxylic acids is 1. The standard InChI is InChI=1S/C20H32O2/c1-18(22)10-11-19(2)13(12-18)4-5-14-15-6-7-17(21)20(15,3)9-8-16(14)19/h13-16,22H,4-12H2,1-3H3/t13?,14-,15?,16-,18+,19-,20-/m1/s1. The molecular weight excluding hydrogens is 272 g/mol. The number of ketones is 1. The Morgan fingerprint density at radius 2 is 1.73 bits per heavy atom. The van der Waals surface area contributed by atoms with Crippen molar-refractivity contribution in [3.05, 3.63) is 0 Å². The highest BCUT2D eigenvalue weighted by Crippen LogP contribution is 2.66. The third-order valence-electron chi connectivity index (χ3n) is 8.66. The largest absolute Gasteiger partial charge is 0.390 e. The molecule has 4 aliphatic carbocycles. The molecule has 0 aromatic heterocycles. The molecule has 1 N–H and O–H groups in total. The summed E-state index contributed by atoms with van der Waals surface area (Å²) in [5.74, 6) is 3.47. The van der Waals surface area contributed by atoms with Crippen molar-refractivity contribution in [2.75, 3.05) is 0 Å². The molecule has 0 aliphatic heterocycles. The minimum absolute atomic E-state index is 0.00449. The molecule has 0 amide bonds. The summed E-state index contributed by atoms with van der Waals surface area (Å²) >= 11 is 0. The number of rotatable bonds is 0. The smallest absolute Gasteiger partial charge is 0.139 e. The molecule has 22 heavy (non-hydrogen) atoms. The zero-order chi connectivity index (χ0) is 15.8. The van der Waals surface area contributed by atoms with Gasteiger partial charge in [0.25, 0.3) is 0 Å². The van der Waals surface area contributed by atoms with Crippen molar-refractivity contribution in [2.24, 2.45) is 34.5 Å². The maximum atomic E-state index is 12.4. The van der Waals surface area contributed by atoms with Gasteiger partial charge in [0.2, 0.25) is 0 Å². The summed E-state index contributed by atoms with van der Waals surface area (Å²) in [7, 11) is 0. The first-order chi connectivity index (χ1) is 10.3. The summed E-state index contributed by atoms with van der Waals surface area (Å²) in [5.41, 5.74) is -0.0217. The highest BCUT2D eigenvalue weighted by molar-refractivity contribution is 5.87. The zero-order valence-electron chi connectivity index (χ0n) is 14.5. The molecule has 7 atom stereocenters. The first-order valence-electron chi connectivity index (χ1n) is 9.52. The summed E-state index contributed by atoms with van der Waals surface area (Å²) in [6.45, 7) is 6.82. The van der Waals surface area contributed by atoms with E-state index in [1.165, 1.54) is 25.7 Å². The lowest BCUT2D eigenvalue weighted by Gasteiger charge is -2.61. The number of aliphatic hydroxyl groups is 1. The van der Waals surface area contributed by atoms with E-state index in [9.17, 15) is 9.90 Å². The van der Waals surface area contributed by atoms with Gasteiger partial charge in [0, 0.05) is 11.8 Å². The Kier molecular flexibility index (Phi) is 3.16. The van der Waals surface area contributed by atoms with E-state index in [1.54, 1.807) is 0 Å². The van der Waals surface area contributed by atoms with Crippen LogP contribution in [0.25, 0.3) is 0 Å². The summed E-state index contributed by atoms with van der Waals surface area (Å²) < 4.78 is 0. The molecule has 0 radical (unpaired) electrons. The fourth-order valence-corrected chi connectivity index (χ4v) is 7.20. The summed E-state index contributed by atoms with van der Waals surface area (Å²) in [5, 5.41) is 10.5. The van der Waals surface area contributed by atoms with Gasteiger partial charge in [-0.05, 0) is 87.4 Å². The highest BCUT2D eigenvalue weighted by Gasteiger charge is 2.60. The van der Waals surface area contributed by atoms with Gasteiger partial charge in [-0.3, -0.25) is 4.79 Å². The quantitative estimate of drug-likeness (QED) is 0.722. The molecule has 4 fully saturated rings. The van der Waals surface area contributed by atoms with Crippen LogP contribution in [0.1, 0.15) is 78.6 Å². The van der Waals surface area contributed by atoms with E-state index in [2.05, 4.69) is 13.8 Å². The SMILES string of the molecule is C[C@]1(O)CC[C@]2(C)C(CC[C@@H]3C4CCC(=O)[C@]4(C)CC[C@H]32)C1. The Labute approximate surface area is 135 Å². The van der Waals surface area contributed by atoms with Crippen molar-refractivity contribution >= 4 is 5.78 Å². The van der Waals surface area contributed by atoms with Crippen LogP contribution in [0.4, 0.5) is 0 Å². The van der Waals surface area contributed by atoms with Crippen LogP contribution in [-0.4, -0.2) is 16.5 Å². The van der Waals surface area contributed by atoms with E-state index in [0.29, 0.717) is 23.0 Å². The molecule has 4 rings (SSSR count). The van der Waals surface area contributed by atoms with Gasteiger partial charge in [-0.25, -0.2) is 0 Å². The molecule has 124 valence electrons. The average molecular weight is 304 g/mol. The minimum Gasteiger partial charge on any atom is -0.390 e. The Balaban J connectivity index is 1.63. The van der Waals surface area contributed by atoms with Gasteiger partial charge in [0.1, 0.15) is 5.78 Å². The van der Waals surface area contributed by atoms with Crippen molar-refractivity contribution in [2.45, 2.75) is 84.2 Å². The maximum Gasteiger partial charge on any atom is 0.139 e. The normalized spacial score (nSPS) is 57.9. The van der Waals surface area contributed by atoms with Gasteiger partial charge in [0.15, 0.2) is 0 Å². The molecule has 0 aromatic carbocycles. The van der Waals surface area contributed by atoms with Gasteiger partial charge in [-0.2, -0.15) is 0 Å². The number of hydrogen-bond acceptors (Lipinski definition) is 2. The van der Waals surface area contributed by atoms with Gasteiger partial charge in [-0.15, -0.1) is 0 Å². The predicted molar refractivity (Wildman–Crippen MR) is 87.4 cm³/mol. The van der Waals surface area contributed by atoms with E-state index in [1.807, 2.05) is 6.92 Å². The van der Waals surface area contributed by atoms with Crippen LogP contribution in [0.3, 0.4) is 0 Å². The Morgan fingerprint density at radius 1 is 0.955 bits per heavy atom. The molecule has 0 bridgehead atoms. The molecule has 0 spiro atoms. The number of hydrogen-bond donors (Lipinski definition) is 1. The van der Waals surface area contributed by atoms with E-state index >= 15 is 0 Å². The molecule has 0 aromatic rings. The molecule has 4 saturated carbocycles. The van der Waals surface area contributed by atoms with Crippen molar-refractivity contribution < 1.29 is 9.90 Å². The van der Waals surface area contributed by atoms with Crippen LogP contribution in [0.15, 0.2) is 0 Å². The number of fused-ring (bicyclic) bond motifs is 5.